The first kappa shape index (κ1) is 15.5. The number of H-pyrrole nitrogens is 1. The lowest BCUT2D eigenvalue weighted by Gasteiger charge is -2.33. The maximum absolute atomic E-state index is 14.0. The van der Waals surface area contributed by atoms with Gasteiger partial charge in [-0.15, -0.1) is 0 Å². The van der Waals surface area contributed by atoms with Gasteiger partial charge in [-0.25, -0.2) is 18.2 Å². The third kappa shape index (κ3) is 2.17. The molecular formula is C18H14F3N3O2. The molecule has 5 rings (SSSR count). The van der Waals surface area contributed by atoms with Crippen LogP contribution in [0, 0.1) is 11.7 Å². The van der Waals surface area contributed by atoms with E-state index in [0.29, 0.717) is 23.3 Å². The summed E-state index contributed by atoms with van der Waals surface area (Å²) in [6.07, 6.45) is 1.56. The Bertz CT molecular complexity index is 1030. The summed E-state index contributed by atoms with van der Waals surface area (Å²) in [5.74, 6) is -5.07. The van der Waals surface area contributed by atoms with Gasteiger partial charge in [0.05, 0.1) is 12.0 Å². The second-order valence-corrected chi connectivity index (χ2v) is 6.78. The second kappa shape index (κ2) is 5.12. The minimum atomic E-state index is -2.95. The first-order valence-corrected chi connectivity index (χ1v) is 8.34. The average Bonchev–Trinajstić information content (AvgIpc) is 2.99. The number of imidazole rings is 1. The number of hydrogen-bond acceptors (Lipinski definition) is 3. The summed E-state index contributed by atoms with van der Waals surface area (Å²) in [6, 6.07) is 5.43. The molecule has 0 spiro atoms. The van der Waals surface area contributed by atoms with Crippen molar-refractivity contribution in [1.82, 2.24) is 14.9 Å². The number of hydrogen-bond donors (Lipinski definition) is 1. The molecule has 0 unspecified atom stereocenters. The van der Waals surface area contributed by atoms with Crippen molar-refractivity contribution in [3.8, 4) is 0 Å². The maximum Gasteiger partial charge on any atom is 0.260 e. The lowest BCUT2D eigenvalue weighted by Crippen LogP contribution is -2.42. The molecule has 26 heavy (non-hydrogen) atoms. The molecule has 5 nitrogen and oxygen atoms in total. The van der Waals surface area contributed by atoms with Crippen LogP contribution in [-0.4, -0.2) is 33.2 Å². The van der Waals surface area contributed by atoms with E-state index in [9.17, 15) is 18.0 Å². The van der Waals surface area contributed by atoms with Crippen LogP contribution >= 0.6 is 0 Å². The fourth-order valence-electron chi connectivity index (χ4n) is 3.67. The van der Waals surface area contributed by atoms with E-state index in [0.717, 1.165) is 5.69 Å². The number of nitrogens with one attached hydrogen (secondary N) is 1. The van der Waals surface area contributed by atoms with Gasteiger partial charge in [-0.1, -0.05) is 12.1 Å². The molecule has 2 atom stereocenters. The number of furan rings is 1. The molecule has 0 radical (unpaired) electrons. The van der Waals surface area contributed by atoms with Crippen LogP contribution in [0.4, 0.5) is 13.2 Å². The van der Waals surface area contributed by atoms with Crippen LogP contribution < -0.4 is 0 Å². The monoisotopic (exact) mass is 361 g/mol. The Morgan fingerprint density at radius 3 is 2.92 bits per heavy atom. The molecule has 134 valence electrons. The van der Waals surface area contributed by atoms with Crippen LogP contribution in [0.1, 0.15) is 29.6 Å². The van der Waals surface area contributed by atoms with Gasteiger partial charge in [0.25, 0.3) is 5.92 Å². The van der Waals surface area contributed by atoms with Crippen molar-refractivity contribution in [3.63, 3.8) is 0 Å². The van der Waals surface area contributed by atoms with Gasteiger partial charge >= 0.3 is 0 Å². The third-order valence-electron chi connectivity index (χ3n) is 5.12. The molecule has 3 heterocycles. The van der Waals surface area contributed by atoms with Gasteiger partial charge < -0.3 is 14.3 Å². The molecule has 1 N–H and O–H groups in total. The first-order chi connectivity index (χ1) is 12.5. The largest absolute Gasteiger partial charge is 0.455 e. The lowest BCUT2D eigenvalue weighted by molar-refractivity contribution is -0.137. The van der Waals surface area contributed by atoms with Gasteiger partial charge in [-0.2, -0.15) is 0 Å². The van der Waals surface area contributed by atoms with Crippen LogP contribution in [-0.2, 0) is 11.2 Å². The number of aromatic amines is 1. The Morgan fingerprint density at radius 1 is 1.38 bits per heavy atom. The zero-order valence-electron chi connectivity index (χ0n) is 13.5. The molecule has 3 aromatic rings. The van der Waals surface area contributed by atoms with E-state index in [-0.39, 0.29) is 12.1 Å². The standard InChI is InChI=1S/C18H14F3N3O2/c19-11-3-1-2-9-6-13(26-16(9)11)15-14-12(22-8-23-14)4-5-24(15)17(25)10-7-18(10,20)21/h1-3,6,8,10,15H,4-5,7H2,(H,22,23)/t10-,15-/m1/s1. The van der Waals surface area contributed by atoms with E-state index < -0.39 is 36.0 Å². The highest BCUT2D eigenvalue weighted by Crippen LogP contribution is 2.51. The highest BCUT2D eigenvalue weighted by atomic mass is 19.3. The van der Waals surface area contributed by atoms with Crippen molar-refractivity contribution in [2.45, 2.75) is 24.8 Å². The number of fused-ring (bicyclic) bond motifs is 2. The molecule has 1 aliphatic heterocycles. The molecular weight excluding hydrogens is 347 g/mol. The number of alkyl halides is 2. The summed E-state index contributed by atoms with van der Waals surface area (Å²) in [5.41, 5.74) is 1.45. The molecule has 0 saturated heterocycles. The van der Waals surface area contributed by atoms with Gasteiger partial charge in [0.15, 0.2) is 11.4 Å². The van der Waals surface area contributed by atoms with Crippen LogP contribution in [0.25, 0.3) is 11.0 Å². The zero-order valence-corrected chi connectivity index (χ0v) is 13.5. The van der Waals surface area contributed by atoms with Crippen molar-refractivity contribution < 1.29 is 22.4 Å². The van der Waals surface area contributed by atoms with Gasteiger partial charge in [0.2, 0.25) is 5.91 Å². The minimum absolute atomic E-state index is 0.0781. The topological polar surface area (TPSA) is 62.1 Å². The Kier molecular flexibility index (Phi) is 3.05. The SMILES string of the molecule is O=C([C@H]1CC1(F)F)N1CCc2[nH]cnc2[C@H]1c1cc2cccc(F)c2o1. The van der Waals surface area contributed by atoms with E-state index in [1.54, 1.807) is 18.2 Å². The maximum atomic E-state index is 14.0. The van der Waals surface area contributed by atoms with Gasteiger partial charge in [0, 0.05) is 30.5 Å². The molecule has 8 heteroatoms. The normalized spacial score (nSPS) is 23.9. The fraction of sp³-hybridized carbons (Fsp3) is 0.333. The first-order valence-electron chi connectivity index (χ1n) is 8.34. The molecule has 1 fully saturated rings. The van der Waals surface area contributed by atoms with Crippen molar-refractivity contribution >= 4 is 16.9 Å². The van der Waals surface area contributed by atoms with Crippen molar-refractivity contribution in [2.24, 2.45) is 5.92 Å². The number of benzene rings is 1. The summed E-state index contributed by atoms with van der Waals surface area (Å²) in [6.45, 7) is 0.269. The van der Waals surface area contributed by atoms with E-state index in [4.69, 9.17) is 4.42 Å². The summed E-state index contributed by atoms with van der Waals surface area (Å²) < 4.78 is 46.6. The molecule has 2 aliphatic rings. The Balaban J connectivity index is 1.61. The smallest absolute Gasteiger partial charge is 0.260 e. The summed E-state index contributed by atoms with van der Waals surface area (Å²) in [7, 11) is 0. The highest BCUT2D eigenvalue weighted by molar-refractivity contribution is 5.84. The molecule has 2 aromatic heterocycles. The number of aromatic nitrogens is 2. The van der Waals surface area contributed by atoms with Crippen molar-refractivity contribution in [1.29, 1.82) is 0 Å². The Morgan fingerprint density at radius 2 is 2.19 bits per heavy atom. The minimum Gasteiger partial charge on any atom is -0.455 e. The molecule has 1 aromatic carbocycles. The predicted molar refractivity (Wildman–Crippen MR) is 85.1 cm³/mol. The van der Waals surface area contributed by atoms with Crippen LogP contribution in [0.3, 0.4) is 0 Å². The van der Waals surface area contributed by atoms with E-state index in [1.807, 2.05) is 0 Å². The van der Waals surface area contributed by atoms with E-state index >= 15 is 0 Å². The summed E-state index contributed by atoms with van der Waals surface area (Å²) in [5, 5.41) is 0.548. The Labute approximate surface area is 145 Å². The molecule has 1 amide bonds. The third-order valence-corrected chi connectivity index (χ3v) is 5.12. The fourth-order valence-corrected chi connectivity index (χ4v) is 3.67. The molecule has 1 saturated carbocycles. The van der Waals surface area contributed by atoms with Crippen molar-refractivity contribution in [3.05, 3.63) is 53.6 Å². The average molecular weight is 361 g/mol. The quantitative estimate of drug-likeness (QED) is 0.761. The number of rotatable bonds is 2. The highest BCUT2D eigenvalue weighted by Gasteiger charge is 2.63. The van der Waals surface area contributed by atoms with Crippen LogP contribution in [0.2, 0.25) is 0 Å². The van der Waals surface area contributed by atoms with E-state index in [2.05, 4.69) is 9.97 Å². The lowest BCUT2D eigenvalue weighted by atomic mass is 9.99. The van der Waals surface area contributed by atoms with Gasteiger partial charge in [-0.3, -0.25) is 4.79 Å². The van der Waals surface area contributed by atoms with Crippen LogP contribution in [0.15, 0.2) is 35.0 Å². The number of carbonyl (C=O) groups excluding carboxylic acids is 1. The number of para-hydroxylation sites is 1. The van der Waals surface area contributed by atoms with Gasteiger partial charge in [0.1, 0.15) is 17.7 Å². The Hall–Kier alpha value is -2.77. The van der Waals surface area contributed by atoms with E-state index in [1.165, 1.54) is 17.3 Å². The summed E-state index contributed by atoms with van der Waals surface area (Å²) in [4.78, 5) is 21.3. The molecule has 1 aliphatic carbocycles. The van der Waals surface area contributed by atoms with Crippen molar-refractivity contribution in [2.75, 3.05) is 6.54 Å². The predicted octanol–water partition coefficient (Wildman–Crippen LogP) is 3.42. The number of amides is 1. The number of nitrogens with zero attached hydrogens (tertiary/aromatic N) is 2. The molecule has 0 bridgehead atoms. The second-order valence-electron chi connectivity index (χ2n) is 6.78. The number of carbonyl (C=O) groups is 1. The van der Waals surface area contributed by atoms with Gasteiger partial charge in [-0.05, 0) is 12.1 Å². The summed E-state index contributed by atoms with van der Waals surface area (Å²) >= 11 is 0. The van der Waals surface area contributed by atoms with Crippen LogP contribution in [0.5, 0.6) is 0 Å². The number of halogens is 3. The zero-order chi connectivity index (χ0) is 18.1.